The van der Waals surface area contributed by atoms with Gasteiger partial charge < -0.3 is 20.0 Å². The molecule has 3 rings (SSSR count). The molecular weight excluding hydrogens is 452 g/mol. The van der Waals surface area contributed by atoms with Gasteiger partial charge in [0.05, 0.1) is 18.9 Å². The average molecular weight is 465 g/mol. The number of nitrogens with one attached hydrogen (secondary N) is 1. The van der Waals surface area contributed by atoms with Gasteiger partial charge in [-0.25, -0.2) is 19.6 Å². The lowest BCUT2D eigenvalue weighted by Gasteiger charge is -2.11. The van der Waals surface area contributed by atoms with Crippen molar-refractivity contribution in [2.45, 2.75) is 12.4 Å². The van der Waals surface area contributed by atoms with Crippen molar-refractivity contribution in [3.8, 4) is 11.1 Å². The molecular formula is C17H13F6N5O4. The van der Waals surface area contributed by atoms with Crippen molar-refractivity contribution in [3.05, 3.63) is 42.4 Å². The van der Waals surface area contributed by atoms with Crippen molar-refractivity contribution in [1.82, 2.24) is 14.4 Å². The number of hydrogen-bond donors (Lipinski definition) is 3. The minimum absolute atomic E-state index is 0.246. The first-order chi connectivity index (χ1) is 14.7. The fraction of sp³-hybridized carbons (Fsp3) is 0.176. The van der Waals surface area contributed by atoms with E-state index in [1.807, 2.05) is 0 Å². The maximum absolute atomic E-state index is 13.0. The number of nitrogens with zero attached hydrogens (tertiary/aromatic N) is 3. The number of aromatic nitrogens is 3. The maximum Gasteiger partial charge on any atom is 0.490 e. The summed E-state index contributed by atoms with van der Waals surface area (Å²) in [4.78, 5) is 27.9. The number of halogens is 6. The number of aliphatic carboxylic acids is 1. The quantitative estimate of drug-likeness (QED) is 0.491. The van der Waals surface area contributed by atoms with Gasteiger partial charge in [0, 0.05) is 23.5 Å². The Morgan fingerprint density at radius 3 is 2.28 bits per heavy atom. The molecule has 32 heavy (non-hydrogen) atoms. The Balaban J connectivity index is 0.000000451. The lowest BCUT2D eigenvalue weighted by molar-refractivity contribution is -0.192. The van der Waals surface area contributed by atoms with Gasteiger partial charge in [0.25, 0.3) is 0 Å². The molecule has 3 heterocycles. The lowest BCUT2D eigenvalue weighted by Crippen LogP contribution is -2.21. The number of carboxylic acids is 1. The fourth-order valence-corrected chi connectivity index (χ4v) is 2.24. The van der Waals surface area contributed by atoms with Gasteiger partial charge >= 0.3 is 24.4 Å². The number of alkyl halides is 6. The monoisotopic (exact) mass is 465 g/mol. The number of nitrogens with two attached hydrogens (primary N) is 1. The summed E-state index contributed by atoms with van der Waals surface area (Å²) >= 11 is 0. The number of nitrogen functional groups attached to an aromatic ring is 1. The average Bonchev–Trinajstić information content (AvgIpc) is 3.08. The standard InChI is InChI=1S/C15H12F3N5O2.C2HF3O2/c1-25-14(24)22-11-7-23-6-8(2-3-12(23)21-11)9-4-10(15(16,17)18)13(19)20-5-9;3-2(4,5)1(6)7/h2-7H,1H3,(H2,19,20)(H,22,24);(H,6,7). The number of fused-ring (bicyclic) bond motifs is 1. The van der Waals surface area contributed by atoms with Crippen molar-refractivity contribution >= 4 is 29.3 Å². The predicted molar refractivity (Wildman–Crippen MR) is 97.6 cm³/mol. The topological polar surface area (TPSA) is 132 Å². The third-order valence-electron chi connectivity index (χ3n) is 3.67. The van der Waals surface area contributed by atoms with Crippen molar-refractivity contribution in [3.63, 3.8) is 0 Å². The first-order valence-corrected chi connectivity index (χ1v) is 8.19. The molecule has 0 radical (unpaired) electrons. The second-order valence-corrected chi connectivity index (χ2v) is 5.88. The van der Waals surface area contributed by atoms with Crippen LogP contribution in [0.4, 0.5) is 42.8 Å². The van der Waals surface area contributed by atoms with Crippen LogP contribution in [0.3, 0.4) is 0 Å². The molecule has 0 spiro atoms. The molecule has 0 fully saturated rings. The van der Waals surface area contributed by atoms with Gasteiger partial charge in [-0.05, 0) is 18.2 Å². The first-order valence-electron chi connectivity index (χ1n) is 8.19. The van der Waals surface area contributed by atoms with Crippen molar-refractivity contribution in [1.29, 1.82) is 0 Å². The molecule has 0 aliphatic carbocycles. The van der Waals surface area contributed by atoms with E-state index in [9.17, 15) is 31.1 Å². The van der Waals surface area contributed by atoms with Gasteiger partial charge in [0.2, 0.25) is 0 Å². The molecule has 0 atom stereocenters. The van der Waals surface area contributed by atoms with Crippen molar-refractivity contribution in [2.75, 3.05) is 18.2 Å². The number of carbonyl (C=O) groups is 2. The summed E-state index contributed by atoms with van der Waals surface area (Å²) in [6.07, 6.45) is -6.02. The highest BCUT2D eigenvalue weighted by molar-refractivity contribution is 5.83. The van der Waals surface area contributed by atoms with Crippen molar-refractivity contribution in [2.24, 2.45) is 0 Å². The molecule has 3 aromatic heterocycles. The number of pyridine rings is 2. The summed E-state index contributed by atoms with van der Waals surface area (Å²) in [6, 6.07) is 4.13. The maximum atomic E-state index is 13.0. The highest BCUT2D eigenvalue weighted by atomic mass is 19.4. The van der Waals surface area contributed by atoms with Gasteiger partial charge in [-0.1, -0.05) is 0 Å². The SMILES string of the molecule is COC(=O)Nc1cn2cc(-c3cnc(N)c(C(F)(F)F)c3)ccc2n1.O=C(O)C(F)(F)F. The number of anilines is 2. The molecule has 0 bridgehead atoms. The van der Waals surface area contributed by atoms with Crippen LogP contribution < -0.4 is 11.1 Å². The second kappa shape index (κ2) is 8.99. The second-order valence-electron chi connectivity index (χ2n) is 5.88. The molecule has 0 aromatic carbocycles. The van der Waals surface area contributed by atoms with E-state index in [-0.39, 0.29) is 11.4 Å². The molecule has 0 unspecified atom stereocenters. The molecule has 1 amide bonds. The number of imidazole rings is 1. The molecule has 3 aromatic rings. The number of ether oxygens (including phenoxy) is 1. The summed E-state index contributed by atoms with van der Waals surface area (Å²) in [7, 11) is 1.22. The fourth-order valence-electron chi connectivity index (χ4n) is 2.24. The Hall–Kier alpha value is -4.04. The number of methoxy groups -OCH3 is 1. The van der Waals surface area contributed by atoms with Gasteiger partial charge in [-0.15, -0.1) is 0 Å². The van der Waals surface area contributed by atoms with Crippen LogP contribution in [0.5, 0.6) is 0 Å². The third-order valence-corrected chi connectivity index (χ3v) is 3.67. The Kier molecular flexibility index (Phi) is 6.81. The van der Waals surface area contributed by atoms with Crippen LogP contribution in [-0.4, -0.2) is 44.8 Å². The summed E-state index contributed by atoms with van der Waals surface area (Å²) in [5, 5.41) is 9.53. The number of carboxylic acid groups (broad SMARTS) is 1. The van der Waals surface area contributed by atoms with Crippen LogP contribution in [0.1, 0.15) is 5.56 Å². The minimum atomic E-state index is -5.08. The smallest absolute Gasteiger partial charge is 0.475 e. The summed E-state index contributed by atoms with van der Waals surface area (Å²) in [5.41, 5.74) is 5.54. The molecule has 9 nitrogen and oxygen atoms in total. The van der Waals surface area contributed by atoms with Crippen LogP contribution in [0, 0.1) is 0 Å². The van der Waals surface area contributed by atoms with Crippen LogP contribution >= 0.6 is 0 Å². The summed E-state index contributed by atoms with van der Waals surface area (Å²) in [5.74, 6) is -3.09. The van der Waals surface area contributed by atoms with E-state index in [1.165, 1.54) is 19.5 Å². The molecule has 172 valence electrons. The van der Waals surface area contributed by atoms with Crippen LogP contribution in [0.15, 0.2) is 36.8 Å². The van der Waals surface area contributed by atoms with Crippen molar-refractivity contribution < 1.29 is 45.8 Å². The molecule has 15 heteroatoms. The Bertz CT molecular complexity index is 1140. The van der Waals surface area contributed by atoms with Gasteiger partial charge in [-0.3, -0.25) is 5.32 Å². The van der Waals surface area contributed by atoms with E-state index in [1.54, 1.807) is 22.7 Å². The van der Waals surface area contributed by atoms with Crippen LogP contribution in [0.25, 0.3) is 16.8 Å². The van der Waals surface area contributed by atoms with E-state index in [0.29, 0.717) is 11.2 Å². The molecule has 0 saturated carbocycles. The Labute approximate surface area is 174 Å². The van der Waals surface area contributed by atoms with Gasteiger partial charge in [0.1, 0.15) is 11.5 Å². The molecule has 0 saturated heterocycles. The highest BCUT2D eigenvalue weighted by Crippen LogP contribution is 2.35. The Morgan fingerprint density at radius 1 is 1.12 bits per heavy atom. The molecule has 0 aliphatic rings. The van der Waals surface area contributed by atoms with E-state index < -0.39 is 35.8 Å². The van der Waals surface area contributed by atoms with Crippen LogP contribution in [-0.2, 0) is 15.7 Å². The number of rotatable bonds is 2. The minimum Gasteiger partial charge on any atom is -0.475 e. The Morgan fingerprint density at radius 2 is 1.75 bits per heavy atom. The van der Waals surface area contributed by atoms with E-state index in [0.717, 1.165) is 6.07 Å². The number of hydrogen-bond acceptors (Lipinski definition) is 6. The lowest BCUT2D eigenvalue weighted by atomic mass is 10.1. The first kappa shape index (κ1) is 24.2. The third kappa shape index (κ3) is 5.99. The number of carbonyl (C=O) groups excluding carboxylic acids is 1. The van der Waals surface area contributed by atoms with E-state index in [4.69, 9.17) is 15.6 Å². The zero-order valence-corrected chi connectivity index (χ0v) is 15.8. The largest absolute Gasteiger partial charge is 0.490 e. The van der Waals surface area contributed by atoms with Gasteiger partial charge in [0.15, 0.2) is 5.82 Å². The highest BCUT2D eigenvalue weighted by Gasteiger charge is 2.38. The zero-order chi connectivity index (χ0) is 24.3. The van der Waals surface area contributed by atoms with Crippen LogP contribution in [0.2, 0.25) is 0 Å². The van der Waals surface area contributed by atoms with E-state index >= 15 is 0 Å². The molecule has 4 N–H and O–H groups in total. The zero-order valence-electron chi connectivity index (χ0n) is 15.8. The molecule has 0 aliphatic heterocycles. The van der Waals surface area contributed by atoms with Gasteiger partial charge in [-0.2, -0.15) is 26.3 Å². The summed E-state index contributed by atoms with van der Waals surface area (Å²) in [6.45, 7) is 0. The number of amides is 1. The normalized spacial score (nSPS) is 11.5. The summed E-state index contributed by atoms with van der Waals surface area (Å²) < 4.78 is 76.7. The van der Waals surface area contributed by atoms with E-state index in [2.05, 4.69) is 20.0 Å². The predicted octanol–water partition coefficient (Wildman–Crippen LogP) is 3.81.